The second-order valence-electron chi connectivity index (χ2n) is 6.08. The van der Waals surface area contributed by atoms with Crippen molar-refractivity contribution in [1.82, 2.24) is 9.62 Å². The minimum absolute atomic E-state index is 0.0812. The lowest BCUT2D eigenvalue weighted by Gasteiger charge is -2.18. The fraction of sp³-hybridized carbons (Fsp3) is 0.300. The van der Waals surface area contributed by atoms with Crippen LogP contribution in [0.15, 0.2) is 53.4 Å². The van der Waals surface area contributed by atoms with Gasteiger partial charge < -0.3 is 14.8 Å². The van der Waals surface area contributed by atoms with E-state index in [0.717, 1.165) is 0 Å². The number of nitrogens with zero attached hydrogens (tertiary/aromatic N) is 1. The van der Waals surface area contributed by atoms with E-state index in [1.54, 1.807) is 57.4 Å². The molecule has 8 nitrogen and oxygen atoms in total. The van der Waals surface area contributed by atoms with Gasteiger partial charge in [-0.15, -0.1) is 0 Å². The molecule has 2 rings (SSSR count). The smallest absolute Gasteiger partial charge is 0.264 e. The van der Waals surface area contributed by atoms with E-state index in [2.05, 4.69) is 10.6 Å². The predicted molar refractivity (Wildman–Crippen MR) is 119 cm³/mol. The standard InChI is InChI=1S/C20H25N3O5S2/c1-4-23(5-2)30(25,26)18-12-6-15(7-13-18)21-20(29)22-19(24)14-28-17-10-8-16(27-3)9-11-17/h6-13H,4-5,14H2,1-3H3,(H2,21,22,24,29). The number of rotatable bonds is 9. The van der Waals surface area contributed by atoms with Gasteiger partial charge in [0, 0.05) is 18.8 Å². The van der Waals surface area contributed by atoms with Crippen LogP contribution in [0, 0.1) is 0 Å². The van der Waals surface area contributed by atoms with Crippen molar-refractivity contribution in [3.05, 3.63) is 48.5 Å². The Balaban J connectivity index is 1.87. The minimum Gasteiger partial charge on any atom is -0.497 e. The Bertz CT molecular complexity index is 957. The first kappa shape index (κ1) is 23.6. The highest BCUT2D eigenvalue weighted by atomic mass is 32.2. The molecule has 0 radical (unpaired) electrons. The van der Waals surface area contributed by atoms with Gasteiger partial charge in [0.25, 0.3) is 5.91 Å². The Morgan fingerprint density at radius 1 is 1.00 bits per heavy atom. The number of methoxy groups -OCH3 is 1. The van der Waals surface area contributed by atoms with Gasteiger partial charge in [-0.3, -0.25) is 10.1 Å². The van der Waals surface area contributed by atoms with E-state index >= 15 is 0 Å². The van der Waals surface area contributed by atoms with Gasteiger partial charge >= 0.3 is 0 Å². The van der Waals surface area contributed by atoms with Gasteiger partial charge in [0.05, 0.1) is 12.0 Å². The summed E-state index contributed by atoms with van der Waals surface area (Å²) in [7, 11) is -1.96. The van der Waals surface area contributed by atoms with Crippen molar-refractivity contribution in [2.45, 2.75) is 18.7 Å². The Kier molecular flexibility index (Phi) is 8.58. The van der Waals surface area contributed by atoms with Gasteiger partial charge in [0.15, 0.2) is 11.7 Å². The zero-order chi connectivity index (χ0) is 22.1. The number of hydrogen-bond donors (Lipinski definition) is 2. The van der Waals surface area contributed by atoms with Crippen LogP contribution in [0.1, 0.15) is 13.8 Å². The maximum absolute atomic E-state index is 12.5. The van der Waals surface area contributed by atoms with Crippen LogP contribution in [0.5, 0.6) is 11.5 Å². The zero-order valence-corrected chi connectivity index (χ0v) is 18.7. The second-order valence-corrected chi connectivity index (χ2v) is 8.43. The summed E-state index contributed by atoms with van der Waals surface area (Å²) in [5.74, 6) is 0.784. The molecule has 2 aromatic rings. The van der Waals surface area contributed by atoms with Crippen molar-refractivity contribution in [2.75, 3.05) is 32.1 Å². The second kappa shape index (κ2) is 10.9. The average Bonchev–Trinajstić information content (AvgIpc) is 2.73. The summed E-state index contributed by atoms with van der Waals surface area (Å²) in [5, 5.41) is 5.43. The molecule has 0 spiro atoms. The van der Waals surface area contributed by atoms with Crippen molar-refractivity contribution in [2.24, 2.45) is 0 Å². The Hall–Kier alpha value is -2.69. The van der Waals surface area contributed by atoms with E-state index in [9.17, 15) is 13.2 Å². The Morgan fingerprint density at radius 2 is 1.57 bits per heavy atom. The highest BCUT2D eigenvalue weighted by Crippen LogP contribution is 2.18. The number of benzene rings is 2. The fourth-order valence-corrected chi connectivity index (χ4v) is 4.26. The van der Waals surface area contributed by atoms with Gasteiger partial charge in [-0.25, -0.2) is 8.42 Å². The van der Waals surface area contributed by atoms with Gasteiger partial charge in [-0.05, 0) is 60.7 Å². The van der Waals surface area contributed by atoms with Gasteiger partial charge in [0.2, 0.25) is 10.0 Å². The molecule has 2 N–H and O–H groups in total. The normalized spacial score (nSPS) is 11.1. The van der Waals surface area contributed by atoms with E-state index in [1.165, 1.54) is 16.4 Å². The molecule has 0 aliphatic rings. The molecule has 0 fully saturated rings. The third kappa shape index (κ3) is 6.41. The fourth-order valence-electron chi connectivity index (χ4n) is 2.57. The summed E-state index contributed by atoms with van der Waals surface area (Å²) in [4.78, 5) is 12.2. The molecule has 162 valence electrons. The topological polar surface area (TPSA) is 97.0 Å². The minimum atomic E-state index is -3.53. The molecule has 10 heteroatoms. The highest BCUT2D eigenvalue weighted by Gasteiger charge is 2.21. The lowest BCUT2D eigenvalue weighted by Crippen LogP contribution is -2.37. The summed E-state index contributed by atoms with van der Waals surface area (Å²) in [6.07, 6.45) is 0. The predicted octanol–water partition coefficient (Wildman–Crippen LogP) is 2.62. The van der Waals surface area contributed by atoms with E-state index in [0.29, 0.717) is 30.3 Å². The Morgan fingerprint density at radius 3 is 2.10 bits per heavy atom. The third-order valence-corrected chi connectivity index (χ3v) is 6.41. The number of amides is 1. The van der Waals surface area contributed by atoms with Crippen LogP contribution in [0.25, 0.3) is 0 Å². The highest BCUT2D eigenvalue weighted by molar-refractivity contribution is 7.89. The molecule has 0 saturated carbocycles. The molecule has 0 aliphatic heterocycles. The third-order valence-electron chi connectivity index (χ3n) is 4.14. The molecule has 0 unspecified atom stereocenters. The molecule has 0 saturated heterocycles. The number of thiocarbonyl (C=S) groups is 1. The molecule has 1 amide bonds. The summed E-state index contributed by atoms with van der Waals surface area (Å²) < 4.78 is 36.8. The van der Waals surface area contributed by atoms with Crippen LogP contribution in [-0.2, 0) is 14.8 Å². The zero-order valence-electron chi connectivity index (χ0n) is 17.0. The van der Waals surface area contributed by atoms with E-state index in [1.807, 2.05) is 0 Å². The van der Waals surface area contributed by atoms with Gasteiger partial charge in [0.1, 0.15) is 11.5 Å². The monoisotopic (exact) mass is 451 g/mol. The summed E-state index contributed by atoms with van der Waals surface area (Å²) in [6.45, 7) is 4.16. The molecule has 0 atom stereocenters. The largest absolute Gasteiger partial charge is 0.497 e. The number of anilines is 1. The van der Waals surface area contributed by atoms with Crippen molar-refractivity contribution >= 4 is 38.9 Å². The van der Waals surface area contributed by atoms with Crippen LogP contribution in [0.2, 0.25) is 0 Å². The molecule has 2 aromatic carbocycles. The van der Waals surface area contributed by atoms with Crippen LogP contribution in [0.3, 0.4) is 0 Å². The maximum Gasteiger partial charge on any atom is 0.264 e. The Labute approximate surface area is 182 Å². The molecular formula is C20H25N3O5S2. The number of hydrogen-bond acceptors (Lipinski definition) is 6. The number of sulfonamides is 1. The molecule has 0 heterocycles. The van der Waals surface area contributed by atoms with E-state index in [4.69, 9.17) is 21.7 Å². The van der Waals surface area contributed by atoms with Crippen LogP contribution < -0.4 is 20.1 Å². The van der Waals surface area contributed by atoms with Crippen molar-refractivity contribution < 1.29 is 22.7 Å². The first-order valence-electron chi connectivity index (χ1n) is 9.28. The number of nitrogens with one attached hydrogen (secondary N) is 2. The van der Waals surface area contributed by atoms with E-state index in [-0.39, 0.29) is 16.6 Å². The van der Waals surface area contributed by atoms with Crippen LogP contribution in [-0.4, -0.2) is 50.5 Å². The molecular weight excluding hydrogens is 426 g/mol. The van der Waals surface area contributed by atoms with Crippen LogP contribution >= 0.6 is 12.2 Å². The quantitative estimate of drug-likeness (QED) is 0.566. The van der Waals surface area contributed by atoms with E-state index < -0.39 is 15.9 Å². The molecule has 30 heavy (non-hydrogen) atoms. The molecule has 0 bridgehead atoms. The number of carbonyl (C=O) groups is 1. The molecule has 0 aromatic heterocycles. The number of ether oxygens (including phenoxy) is 2. The average molecular weight is 452 g/mol. The van der Waals surface area contributed by atoms with Crippen molar-refractivity contribution in [3.8, 4) is 11.5 Å². The van der Waals surface area contributed by atoms with Crippen molar-refractivity contribution in [1.29, 1.82) is 0 Å². The summed E-state index contributed by atoms with van der Waals surface area (Å²) >= 11 is 5.12. The molecule has 0 aliphatic carbocycles. The summed E-state index contributed by atoms with van der Waals surface area (Å²) in [6, 6.07) is 13.0. The van der Waals surface area contributed by atoms with Crippen LogP contribution in [0.4, 0.5) is 5.69 Å². The summed E-state index contributed by atoms with van der Waals surface area (Å²) in [5.41, 5.74) is 0.551. The number of carbonyl (C=O) groups excluding carboxylic acids is 1. The van der Waals surface area contributed by atoms with Gasteiger partial charge in [-0.2, -0.15) is 4.31 Å². The lowest BCUT2D eigenvalue weighted by molar-refractivity contribution is -0.121. The lowest BCUT2D eigenvalue weighted by atomic mass is 10.3. The maximum atomic E-state index is 12.5. The van der Waals surface area contributed by atoms with Crippen molar-refractivity contribution in [3.63, 3.8) is 0 Å². The first-order valence-corrected chi connectivity index (χ1v) is 11.1. The van der Waals surface area contributed by atoms with Gasteiger partial charge in [-0.1, -0.05) is 13.8 Å². The first-order chi connectivity index (χ1) is 14.3. The SMILES string of the molecule is CCN(CC)S(=O)(=O)c1ccc(NC(=S)NC(=O)COc2ccc(OC)cc2)cc1.